The monoisotopic (exact) mass is 298 g/mol. The zero-order chi connectivity index (χ0) is 15.6. The quantitative estimate of drug-likeness (QED) is 0.632. The SMILES string of the molecule is OB(OB(O)c1ccc(F)c(F)c1)c1ccc(F)c(F)c1. The Morgan fingerprint density at radius 3 is 1.38 bits per heavy atom. The first-order valence-electron chi connectivity index (χ1n) is 5.80. The first kappa shape index (κ1) is 15.6. The Balaban J connectivity index is 2.12. The Kier molecular flexibility index (Phi) is 4.66. The van der Waals surface area contributed by atoms with Crippen LogP contribution in [-0.4, -0.2) is 24.3 Å². The van der Waals surface area contributed by atoms with Gasteiger partial charge in [0.15, 0.2) is 23.3 Å². The largest absolute Gasteiger partial charge is 0.477 e. The van der Waals surface area contributed by atoms with Gasteiger partial charge < -0.3 is 14.6 Å². The van der Waals surface area contributed by atoms with Gasteiger partial charge in [-0.2, -0.15) is 0 Å². The predicted molar refractivity (Wildman–Crippen MR) is 69.0 cm³/mol. The maximum Gasteiger partial charge on any atom is 0.477 e. The summed E-state index contributed by atoms with van der Waals surface area (Å²) in [7, 11) is -3.55. The molecule has 0 amide bonds. The normalized spacial score (nSPS) is 10.6. The van der Waals surface area contributed by atoms with Gasteiger partial charge in [-0.3, -0.25) is 0 Å². The number of hydrogen-bond donors (Lipinski definition) is 2. The number of rotatable bonds is 4. The fraction of sp³-hybridized carbons (Fsp3) is 0. The maximum absolute atomic E-state index is 13.0. The van der Waals surface area contributed by atoms with E-state index in [1.807, 2.05) is 0 Å². The fourth-order valence-electron chi connectivity index (χ4n) is 1.61. The smallest absolute Gasteiger partial charge is 0.443 e. The molecule has 0 saturated carbocycles. The molecule has 0 aliphatic carbocycles. The molecule has 0 heterocycles. The van der Waals surface area contributed by atoms with Gasteiger partial charge in [-0.1, -0.05) is 12.1 Å². The van der Waals surface area contributed by atoms with E-state index < -0.39 is 37.5 Å². The standard InChI is InChI=1S/C12H8B2F4O3/c15-9-3-1-7(5-11(9)17)13(19)21-14(20)8-2-4-10(16)12(18)6-8/h1-6,19-20H. The summed E-state index contributed by atoms with van der Waals surface area (Å²) in [6.45, 7) is 0. The molecule has 2 aromatic carbocycles. The van der Waals surface area contributed by atoms with Crippen molar-refractivity contribution >= 4 is 25.2 Å². The lowest BCUT2D eigenvalue weighted by molar-refractivity contribution is 0.378. The Morgan fingerprint density at radius 2 is 1.05 bits per heavy atom. The molecule has 2 N–H and O–H groups in total. The molecule has 0 aliphatic heterocycles. The molecule has 2 aromatic rings. The van der Waals surface area contributed by atoms with Crippen LogP contribution in [0.2, 0.25) is 0 Å². The van der Waals surface area contributed by atoms with E-state index in [0.29, 0.717) is 12.1 Å². The van der Waals surface area contributed by atoms with Crippen molar-refractivity contribution in [3.63, 3.8) is 0 Å². The number of halogens is 4. The summed E-state index contributed by atoms with van der Waals surface area (Å²) in [6, 6.07) is 5.06. The van der Waals surface area contributed by atoms with Gasteiger partial charge in [0, 0.05) is 0 Å². The van der Waals surface area contributed by atoms with E-state index >= 15 is 0 Å². The van der Waals surface area contributed by atoms with E-state index in [1.165, 1.54) is 0 Å². The summed E-state index contributed by atoms with van der Waals surface area (Å²) < 4.78 is 56.2. The molecule has 0 saturated heterocycles. The minimum Gasteiger partial charge on any atom is -0.443 e. The van der Waals surface area contributed by atoms with Crippen LogP contribution >= 0.6 is 0 Å². The van der Waals surface area contributed by atoms with Crippen LogP contribution in [0.5, 0.6) is 0 Å². The Labute approximate surface area is 118 Å². The van der Waals surface area contributed by atoms with Gasteiger partial charge in [-0.15, -0.1) is 0 Å². The minimum absolute atomic E-state index is 0.143. The zero-order valence-corrected chi connectivity index (χ0v) is 10.4. The molecule has 0 aliphatic rings. The molecule has 0 unspecified atom stereocenters. The molecule has 21 heavy (non-hydrogen) atoms. The summed E-state index contributed by atoms with van der Waals surface area (Å²) in [6.07, 6.45) is 0. The average Bonchev–Trinajstić information content (AvgIpc) is 2.44. The van der Waals surface area contributed by atoms with Gasteiger partial charge in [-0.25, -0.2) is 17.6 Å². The number of benzene rings is 2. The summed E-state index contributed by atoms with van der Waals surface area (Å²) >= 11 is 0. The van der Waals surface area contributed by atoms with Crippen molar-refractivity contribution in [2.24, 2.45) is 0 Å². The molecule has 108 valence electrons. The summed E-state index contributed by atoms with van der Waals surface area (Å²) in [5.74, 6) is -4.60. The second-order valence-electron chi connectivity index (χ2n) is 4.19. The van der Waals surface area contributed by atoms with Crippen LogP contribution in [0.4, 0.5) is 17.6 Å². The highest BCUT2D eigenvalue weighted by atomic mass is 19.2. The molecule has 9 heteroatoms. The van der Waals surface area contributed by atoms with Crippen LogP contribution in [0.25, 0.3) is 0 Å². The van der Waals surface area contributed by atoms with Gasteiger partial charge in [0.1, 0.15) is 0 Å². The third kappa shape index (κ3) is 3.63. The van der Waals surface area contributed by atoms with Crippen LogP contribution in [0.3, 0.4) is 0 Å². The molecule has 0 bridgehead atoms. The van der Waals surface area contributed by atoms with Crippen molar-refractivity contribution in [2.45, 2.75) is 0 Å². The molecular formula is C12H8B2F4O3. The van der Waals surface area contributed by atoms with Gasteiger partial charge in [-0.05, 0) is 35.2 Å². The molecule has 0 spiro atoms. The van der Waals surface area contributed by atoms with E-state index in [9.17, 15) is 27.6 Å². The molecule has 2 rings (SSSR count). The van der Waals surface area contributed by atoms with Crippen molar-refractivity contribution in [2.75, 3.05) is 0 Å². The van der Waals surface area contributed by atoms with E-state index in [0.717, 1.165) is 24.3 Å². The van der Waals surface area contributed by atoms with Crippen LogP contribution in [0.1, 0.15) is 0 Å². The summed E-state index contributed by atoms with van der Waals surface area (Å²) in [4.78, 5) is 0. The van der Waals surface area contributed by atoms with Crippen molar-refractivity contribution in [3.8, 4) is 0 Å². The van der Waals surface area contributed by atoms with Gasteiger partial charge in [0.25, 0.3) is 0 Å². The zero-order valence-electron chi connectivity index (χ0n) is 10.4. The van der Waals surface area contributed by atoms with Crippen LogP contribution in [0.15, 0.2) is 36.4 Å². The van der Waals surface area contributed by atoms with Gasteiger partial charge in [0.2, 0.25) is 0 Å². The molecular weight excluding hydrogens is 290 g/mol. The Morgan fingerprint density at radius 1 is 0.667 bits per heavy atom. The van der Waals surface area contributed by atoms with Gasteiger partial charge in [0.05, 0.1) is 0 Å². The van der Waals surface area contributed by atoms with E-state index in [-0.39, 0.29) is 10.9 Å². The minimum atomic E-state index is -1.77. The topological polar surface area (TPSA) is 49.7 Å². The van der Waals surface area contributed by atoms with Crippen molar-refractivity contribution < 1.29 is 32.2 Å². The van der Waals surface area contributed by atoms with Crippen molar-refractivity contribution in [1.29, 1.82) is 0 Å². The third-order valence-corrected chi connectivity index (χ3v) is 2.72. The fourth-order valence-corrected chi connectivity index (χ4v) is 1.61. The first-order valence-corrected chi connectivity index (χ1v) is 5.80. The lowest BCUT2D eigenvalue weighted by Gasteiger charge is -2.12. The second kappa shape index (κ2) is 6.30. The maximum atomic E-state index is 13.0. The Bertz CT molecular complexity index is 601. The van der Waals surface area contributed by atoms with Crippen molar-refractivity contribution in [1.82, 2.24) is 0 Å². The van der Waals surface area contributed by atoms with E-state index in [2.05, 4.69) is 0 Å². The second-order valence-corrected chi connectivity index (χ2v) is 4.19. The summed E-state index contributed by atoms with van der Waals surface area (Å²) in [5, 5.41) is 19.3. The highest BCUT2D eigenvalue weighted by Gasteiger charge is 2.27. The molecule has 3 nitrogen and oxygen atoms in total. The van der Waals surface area contributed by atoms with Crippen molar-refractivity contribution in [3.05, 3.63) is 59.7 Å². The number of hydrogen-bond acceptors (Lipinski definition) is 3. The van der Waals surface area contributed by atoms with Gasteiger partial charge >= 0.3 is 14.2 Å². The predicted octanol–water partition coefficient (Wildman–Crippen LogP) is 0.335. The molecule has 0 radical (unpaired) electrons. The highest BCUT2D eigenvalue weighted by molar-refractivity contribution is 6.73. The molecule has 0 aromatic heterocycles. The molecule has 0 fully saturated rings. The lowest BCUT2D eigenvalue weighted by atomic mass is 9.71. The molecule has 0 atom stereocenters. The van der Waals surface area contributed by atoms with Crippen LogP contribution in [-0.2, 0) is 4.57 Å². The third-order valence-electron chi connectivity index (χ3n) is 2.72. The lowest BCUT2D eigenvalue weighted by Crippen LogP contribution is -2.45. The highest BCUT2D eigenvalue weighted by Crippen LogP contribution is 2.04. The van der Waals surface area contributed by atoms with Crippen LogP contribution < -0.4 is 10.9 Å². The summed E-state index contributed by atoms with van der Waals surface area (Å²) in [5.41, 5.74) is -0.286. The average molecular weight is 298 g/mol. The Hall–Kier alpha value is -1.83. The van der Waals surface area contributed by atoms with E-state index in [1.54, 1.807) is 0 Å². The first-order chi connectivity index (χ1) is 9.88. The van der Waals surface area contributed by atoms with Crippen LogP contribution in [0, 0.1) is 23.3 Å². The van der Waals surface area contributed by atoms with E-state index in [4.69, 9.17) is 4.57 Å².